The van der Waals surface area contributed by atoms with Gasteiger partial charge in [-0.2, -0.15) is 0 Å². The van der Waals surface area contributed by atoms with Gasteiger partial charge in [0.05, 0.1) is 12.5 Å². The maximum absolute atomic E-state index is 11.9. The first-order valence-electron chi connectivity index (χ1n) is 7.53. The summed E-state index contributed by atoms with van der Waals surface area (Å²) in [4.78, 5) is 11.9. The van der Waals surface area contributed by atoms with Crippen molar-refractivity contribution in [3.63, 3.8) is 0 Å². The summed E-state index contributed by atoms with van der Waals surface area (Å²) < 4.78 is 11.0. The number of amides is 1. The molecular weight excluding hydrogens is 292 g/mol. The Kier molecular flexibility index (Phi) is 6.59. The molecular formula is C18H22N2O3. The van der Waals surface area contributed by atoms with Crippen molar-refractivity contribution >= 4 is 5.91 Å². The standard InChI is InChI=1S/C18H22N2O3/c1-22-16(12-19)11-18(21)20-13-14-7-5-6-10-17(14)23-15-8-3-2-4-9-15/h2-10,16H,11-13,19H2,1H3,(H,20,21). The number of rotatable bonds is 8. The molecule has 0 aliphatic carbocycles. The second-order valence-corrected chi connectivity index (χ2v) is 5.10. The first-order valence-corrected chi connectivity index (χ1v) is 7.53. The van der Waals surface area contributed by atoms with Crippen LogP contribution in [-0.4, -0.2) is 25.7 Å². The van der Waals surface area contributed by atoms with Crippen LogP contribution in [0.4, 0.5) is 0 Å². The van der Waals surface area contributed by atoms with Crippen molar-refractivity contribution in [1.82, 2.24) is 5.32 Å². The van der Waals surface area contributed by atoms with Crippen LogP contribution in [0.2, 0.25) is 0 Å². The van der Waals surface area contributed by atoms with E-state index in [2.05, 4.69) is 5.32 Å². The van der Waals surface area contributed by atoms with Crippen molar-refractivity contribution in [3.05, 3.63) is 60.2 Å². The smallest absolute Gasteiger partial charge is 0.222 e. The fraction of sp³-hybridized carbons (Fsp3) is 0.278. The van der Waals surface area contributed by atoms with E-state index in [1.807, 2.05) is 54.6 Å². The fourth-order valence-electron chi connectivity index (χ4n) is 2.10. The van der Waals surface area contributed by atoms with E-state index in [4.69, 9.17) is 15.2 Å². The molecule has 0 saturated heterocycles. The quantitative estimate of drug-likeness (QED) is 0.785. The molecule has 1 unspecified atom stereocenters. The molecule has 0 aromatic heterocycles. The zero-order valence-corrected chi connectivity index (χ0v) is 13.2. The molecule has 2 rings (SSSR count). The predicted molar refractivity (Wildman–Crippen MR) is 89.3 cm³/mol. The number of ether oxygens (including phenoxy) is 2. The van der Waals surface area contributed by atoms with E-state index in [0.717, 1.165) is 17.1 Å². The number of benzene rings is 2. The SMILES string of the molecule is COC(CN)CC(=O)NCc1ccccc1Oc1ccccc1. The third-order valence-corrected chi connectivity index (χ3v) is 3.43. The van der Waals surface area contributed by atoms with E-state index in [9.17, 15) is 4.79 Å². The first-order chi connectivity index (χ1) is 11.2. The summed E-state index contributed by atoms with van der Waals surface area (Å²) in [5, 5.41) is 2.87. The molecule has 1 atom stereocenters. The van der Waals surface area contributed by atoms with Gasteiger partial charge in [-0.05, 0) is 18.2 Å². The molecule has 0 bridgehead atoms. The number of carbonyl (C=O) groups is 1. The molecule has 0 aliphatic heterocycles. The fourth-order valence-corrected chi connectivity index (χ4v) is 2.10. The van der Waals surface area contributed by atoms with Gasteiger partial charge >= 0.3 is 0 Å². The molecule has 0 radical (unpaired) electrons. The third kappa shape index (κ3) is 5.39. The Bertz CT molecular complexity index is 613. The number of nitrogens with two attached hydrogens (primary N) is 1. The van der Waals surface area contributed by atoms with Crippen LogP contribution in [0, 0.1) is 0 Å². The van der Waals surface area contributed by atoms with Crippen molar-refractivity contribution in [2.45, 2.75) is 19.1 Å². The Labute approximate surface area is 136 Å². The van der Waals surface area contributed by atoms with Gasteiger partial charge in [-0.3, -0.25) is 4.79 Å². The van der Waals surface area contributed by atoms with Gasteiger partial charge < -0.3 is 20.5 Å². The zero-order valence-electron chi connectivity index (χ0n) is 13.2. The lowest BCUT2D eigenvalue weighted by Crippen LogP contribution is -2.31. The summed E-state index contributed by atoms with van der Waals surface area (Å²) in [6, 6.07) is 17.2. The lowest BCUT2D eigenvalue weighted by Gasteiger charge is -2.14. The normalized spacial score (nSPS) is 11.7. The van der Waals surface area contributed by atoms with Crippen LogP contribution in [0.3, 0.4) is 0 Å². The summed E-state index contributed by atoms with van der Waals surface area (Å²) in [6.45, 7) is 0.709. The van der Waals surface area contributed by atoms with Crippen LogP contribution < -0.4 is 15.8 Å². The van der Waals surface area contributed by atoms with Gasteiger partial charge in [0.15, 0.2) is 0 Å². The number of hydrogen-bond donors (Lipinski definition) is 2. The topological polar surface area (TPSA) is 73.6 Å². The Morgan fingerprint density at radius 2 is 1.83 bits per heavy atom. The lowest BCUT2D eigenvalue weighted by molar-refractivity contribution is -0.123. The van der Waals surface area contributed by atoms with E-state index in [1.54, 1.807) is 7.11 Å². The highest BCUT2D eigenvalue weighted by Crippen LogP contribution is 2.24. The molecule has 3 N–H and O–H groups in total. The molecule has 0 spiro atoms. The van der Waals surface area contributed by atoms with Crippen molar-refractivity contribution in [2.24, 2.45) is 5.73 Å². The highest BCUT2D eigenvalue weighted by Gasteiger charge is 2.12. The largest absolute Gasteiger partial charge is 0.457 e. The van der Waals surface area contributed by atoms with Crippen LogP contribution in [0.25, 0.3) is 0 Å². The lowest BCUT2D eigenvalue weighted by atomic mass is 10.2. The molecule has 0 fully saturated rings. The van der Waals surface area contributed by atoms with E-state index in [1.165, 1.54) is 0 Å². The maximum Gasteiger partial charge on any atom is 0.222 e. The van der Waals surface area contributed by atoms with Crippen LogP contribution in [0.5, 0.6) is 11.5 Å². The highest BCUT2D eigenvalue weighted by atomic mass is 16.5. The Morgan fingerprint density at radius 3 is 2.52 bits per heavy atom. The zero-order chi connectivity index (χ0) is 16.5. The number of para-hydroxylation sites is 2. The second kappa shape index (κ2) is 8.92. The molecule has 23 heavy (non-hydrogen) atoms. The molecule has 5 nitrogen and oxygen atoms in total. The number of nitrogens with one attached hydrogen (secondary N) is 1. The van der Waals surface area contributed by atoms with Gasteiger partial charge in [0.1, 0.15) is 11.5 Å². The van der Waals surface area contributed by atoms with Crippen LogP contribution >= 0.6 is 0 Å². The van der Waals surface area contributed by atoms with Gasteiger partial charge in [0, 0.05) is 25.8 Å². The van der Waals surface area contributed by atoms with Crippen molar-refractivity contribution in [3.8, 4) is 11.5 Å². The van der Waals surface area contributed by atoms with E-state index in [0.29, 0.717) is 13.1 Å². The Balaban J connectivity index is 1.96. The molecule has 0 saturated carbocycles. The van der Waals surface area contributed by atoms with E-state index in [-0.39, 0.29) is 18.4 Å². The summed E-state index contributed by atoms with van der Waals surface area (Å²) in [5.41, 5.74) is 6.43. The summed E-state index contributed by atoms with van der Waals surface area (Å²) in [5.74, 6) is 1.38. The van der Waals surface area contributed by atoms with Gasteiger partial charge in [-0.15, -0.1) is 0 Å². The van der Waals surface area contributed by atoms with E-state index >= 15 is 0 Å². The minimum absolute atomic E-state index is 0.100. The highest BCUT2D eigenvalue weighted by molar-refractivity contribution is 5.76. The first kappa shape index (κ1) is 17.0. The molecule has 0 heterocycles. The maximum atomic E-state index is 11.9. The van der Waals surface area contributed by atoms with Crippen molar-refractivity contribution < 1.29 is 14.3 Å². The minimum Gasteiger partial charge on any atom is -0.457 e. The number of methoxy groups -OCH3 is 1. The van der Waals surface area contributed by atoms with Gasteiger partial charge in [-0.1, -0.05) is 36.4 Å². The molecule has 0 aliphatic rings. The van der Waals surface area contributed by atoms with Crippen molar-refractivity contribution in [1.29, 1.82) is 0 Å². The van der Waals surface area contributed by atoms with Crippen LogP contribution in [0.1, 0.15) is 12.0 Å². The summed E-state index contributed by atoms with van der Waals surface area (Å²) in [6.07, 6.45) is -0.0138. The van der Waals surface area contributed by atoms with E-state index < -0.39 is 0 Å². The minimum atomic E-state index is -0.259. The molecule has 5 heteroatoms. The molecule has 2 aromatic carbocycles. The van der Waals surface area contributed by atoms with Crippen molar-refractivity contribution in [2.75, 3.05) is 13.7 Å². The molecule has 2 aromatic rings. The Morgan fingerprint density at radius 1 is 1.13 bits per heavy atom. The number of carbonyl (C=O) groups excluding carboxylic acids is 1. The molecule has 1 amide bonds. The molecule has 122 valence electrons. The van der Waals surface area contributed by atoms with Gasteiger partial charge in [0.25, 0.3) is 0 Å². The number of hydrogen-bond acceptors (Lipinski definition) is 4. The van der Waals surface area contributed by atoms with Gasteiger partial charge in [-0.25, -0.2) is 0 Å². The monoisotopic (exact) mass is 314 g/mol. The summed E-state index contributed by atoms with van der Waals surface area (Å²) in [7, 11) is 1.55. The average molecular weight is 314 g/mol. The third-order valence-electron chi connectivity index (χ3n) is 3.43. The average Bonchev–Trinajstić information content (AvgIpc) is 2.60. The second-order valence-electron chi connectivity index (χ2n) is 5.10. The van der Waals surface area contributed by atoms with Gasteiger partial charge in [0.2, 0.25) is 5.91 Å². The van der Waals surface area contributed by atoms with Crippen LogP contribution in [0.15, 0.2) is 54.6 Å². The van der Waals surface area contributed by atoms with Crippen LogP contribution in [-0.2, 0) is 16.1 Å². The predicted octanol–water partition coefficient (Wildman–Crippen LogP) is 2.46. The summed E-state index contributed by atoms with van der Waals surface area (Å²) >= 11 is 0. The Hall–Kier alpha value is -2.37.